The average molecular weight is 289 g/mol. The minimum Gasteiger partial charge on any atom is -0.465 e. The third-order valence-corrected chi connectivity index (χ3v) is 4.06. The van der Waals surface area contributed by atoms with Crippen LogP contribution in [0.1, 0.15) is 32.8 Å². The Balaban J connectivity index is 2.24. The van der Waals surface area contributed by atoms with Gasteiger partial charge in [0.05, 0.1) is 0 Å². The monoisotopic (exact) mass is 289 g/mol. The van der Waals surface area contributed by atoms with Crippen LogP contribution in [-0.4, -0.2) is 35.5 Å². The van der Waals surface area contributed by atoms with Crippen LogP contribution < -0.4 is 0 Å². The minimum absolute atomic E-state index is 0.0817. The highest BCUT2D eigenvalue weighted by Gasteiger charge is 2.56. The summed E-state index contributed by atoms with van der Waals surface area (Å²) in [5.74, 6) is -0.0817. The molecule has 1 saturated carbocycles. The molecule has 1 N–H and O–H groups in total. The van der Waals surface area contributed by atoms with Gasteiger partial charge in [0.25, 0.3) is 0 Å². The van der Waals surface area contributed by atoms with E-state index in [2.05, 4.69) is 0 Å². The Kier molecular flexibility index (Phi) is 4.08. The second-order valence-electron chi connectivity index (χ2n) is 7.17. The summed E-state index contributed by atoms with van der Waals surface area (Å²) in [5, 5.41) is 9.47. The smallest absolute Gasteiger partial charge is 0.407 e. The highest BCUT2D eigenvalue weighted by atomic mass is 16.4. The summed E-state index contributed by atoms with van der Waals surface area (Å²) < 4.78 is 0. The first-order valence-electron chi connectivity index (χ1n) is 7.27. The van der Waals surface area contributed by atoms with Crippen molar-refractivity contribution in [1.82, 2.24) is 4.90 Å². The van der Waals surface area contributed by atoms with E-state index in [1.807, 2.05) is 51.1 Å². The van der Waals surface area contributed by atoms with Gasteiger partial charge in [-0.25, -0.2) is 4.79 Å². The van der Waals surface area contributed by atoms with Crippen LogP contribution in [-0.2, 0) is 10.2 Å². The Bertz CT molecular complexity index is 521. The van der Waals surface area contributed by atoms with Crippen molar-refractivity contribution in [1.29, 1.82) is 0 Å². The SMILES string of the molecule is CC(C)(C)CN(C[C@@]1(c2ccccc2)C[C@@H]1C=O)C(=O)O. The maximum atomic E-state index is 11.5. The maximum Gasteiger partial charge on any atom is 0.407 e. The zero-order valence-corrected chi connectivity index (χ0v) is 12.9. The molecular weight excluding hydrogens is 266 g/mol. The average Bonchev–Trinajstić information content (AvgIpc) is 3.12. The lowest BCUT2D eigenvalue weighted by Crippen LogP contribution is -2.42. The Morgan fingerprint density at radius 2 is 2.00 bits per heavy atom. The first-order valence-corrected chi connectivity index (χ1v) is 7.27. The maximum absolute atomic E-state index is 11.5. The van der Waals surface area contributed by atoms with Crippen molar-refractivity contribution in [3.63, 3.8) is 0 Å². The van der Waals surface area contributed by atoms with E-state index in [0.29, 0.717) is 13.1 Å². The Labute approximate surface area is 125 Å². The third-order valence-electron chi connectivity index (χ3n) is 4.06. The van der Waals surface area contributed by atoms with Crippen molar-refractivity contribution in [2.75, 3.05) is 13.1 Å². The van der Waals surface area contributed by atoms with Gasteiger partial charge in [-0.15, -0.1) is 0 Å². The number of amides is 1. The lowest BCUT2D eigenvalue weighted by molar-refractivity contribution is -0.109. The van der Waals surface area contributed by atoms with Crippen LogP contribution in [0.15, 0.2) is 30.3 Å². The second kappa shape index (κ2) is 5.51. The summed E-state index contributed by atoms with van der Waals surface area (Å²) in [7, 11) is 0. The standard InChI is InChI=1S/C17H23NO3/c1-16(2,3)11-18(15(20)21)12-17(9-14(17)10-19)13-7-5-4-6-8-13/h4-8,10,14H,9,11-12H2,1-3H3,(H,20,21)/t14-,17-/m1/s1. The van der Waals surface area contributed by atoms with Crippen LogP contribution in [0.2, 0.25) is 0 Å². The number of hydrogen-bond donors (Lipinski definition) is 1. The number of carbonyl (C=O) groups excluding carboxylic acids is 1. The quantitative estimate of drug-likeness (QED) is 0.847. The summed E-state index contributed by atoms with van der Waals surface area (Å²) in [6.07, 6.45) is 0.773. The van der Waals surface area contributed by atoms with Gasteiger partial charge in [-0.1, -0.05) is 51.1 Å². The fourth-order valence-electron chi connectivity index (χ4n) is 2.99. The first-order chi connectivity index (χ1) is 9.78. The lowest BCUT2D eigenvalue weighted by Gasteiger charge is -2.31. The van der Waals surface area contributed by atoms with E-state index in [0.717, 1.165) is 18.3 Å². The van der Waals surface area contributed by atoms with Crippen LogP contribution in [0, 0.1) is 11.3 Å². The van der Waals surface area contributed by atoms with Crippen LogP contribution >= 0.6 is 0 Å². The van der Waals surface area contributed by atoms with Gasteiger partial charge in [0, 0.05) is 24.4 Å². The van der Waals surface area contributed by atoms with Crippen LogP contribution in [0.3, 0.4) is 0 Å². The number of carboxylic acid groups (broad SMARTS) is 1. The molecule has 0 bridgehead atoms. The highest BCUT2D eigenvalue weighted by molar-refractivity contribution is 5.68. The summed E-state index contributed by atoms with van der Waals surface area (Å²) in [6.45, 7) is 6.89. The number of rotatable bonds is 5. The van der Waals surface area contributed by atoms with Gasteiger partial charge in [-0.05, 0) is 17.4 Å². The molecule has 0 radical (unpaired) electrons. The first kappa shape index (κ1) is 15.5. The lowest BCUT2D eigenvalue weighted by atomic mass is 9.91. The zero-order chi connectivity index (χ0) is 15.7. The van der Waals surface area contributed by atoms with E-state index in [1.54, 1.807) is 0 Å². The minimum atomic E-state index is -0.920. The van der Waals surface area contributed by atoms with Gasteiger partial charge in [-0.3, -0.25) is 0 Å². The fourth-order valence-corrected chi connectivity index (χ4v) is 2.99. The van der Waals surface area contributed by atoms with Crippen molar-refractivity contribution in [2.24, 2.45) is 11.3 Å². The molecule has 0 saturated heterocycles. The van der Waals surface area contributed by atoms with Gasteiger partial charge in [0.2, 0.25) is 0 Å². The molecule has 0 unspecified atom stereocenters. The van der Waals surface area contributed by atoms with Gasteiger partial charge in [0.15, 0.2) is 0 Å². The van der Waals surface area contributed by atoms with Crippen molar-refractivity contribution in [2.45, 2.75) is 32.6 Å². The molecule has 4 nitrogen and oxygen atoms in total. The number of benzene rings is 1. The third kappa shape index (κ3) is 3.43. The zero-order valence-electron chi connectivity index (χ0n) is 12.9. The molecular formula is C17H23NO3. The topological polar surface area (TPSA) is 57.6 Å². The van der Waals surface area contributed by atoms with Crippen LogP contribution in [0.4, 0.5) is 4.79 Å². The Morgan fingerprint density at radius 1 is 1.38 bits per heavy atom. The predicted molar refractivity (Wildman–Crippen MR) is 81.3 cm³/mol. The van der Waals surface area contributed by atoms with Crippen LogP contribution in [0.25, 0.3) is 0 Å². The summed E-state index contributed by atoms with van der Waals surface area (Å²) in [4.78, 5) is 24.2. The summed E-state index contributed by atoms with van der Waals surface area (Å²) >= 11 is 0. The normalized spacial score (nSPS) is 24.4. The predicted octanol–water partition coefficient (Wildman–Crippen LogP) is 3.17. The second-order valence-corrected chi connectivity index (χ2v) is 7.17. The van der Waals surface area contributed by atoms with Crippen molar-refractivity contribution < 1.29 is 14.7 Å². The van der Waals surface area contributed by atoms with E-state index < -0.39 is 6.09 Å². The molecule has 4 heteroatoms. The Morgan fingerprint density at radius 3 is 2.43 bits per heavy atom. The largest absolute Gasteiger partial charge is 0.465 e. The van der Waals surface area contributed by atoms with Gasteiger partial charge < -0.3 is 14.8 Å². The molecule has 0 spiro atoms. The molecule has 0 heterocycles. The van der Waals surface area contributed by atoms with Crippen LogP contribution in [0.5, 0.6) is 0 Å². The van der Waals surface area contributed by atoms with E-state index in [1.165, 1.54) is 4.90 Å². The molecule has 0 aliphatic heterocycles. The molecule has 114 valence electrons. The van der Waals surface area contributed by atoms with E-state index in [-0.39, 0.29) is 16.7 Å². The number of carbonyl (C=O) groups is 2. The Hall–Kier alpha value is -1.84. The highest BCUT2D eigenvalue weighted by Crippen LogP contribution is 2.53. The summed E-state index contributed by atoms with van der Waals surface area (Å²) in [6, 6.07) is 9.78. The van der Waals surface area contributed by atoms with Crippen molar-refractivity contribution >= 4 is 12.4 Å². The molecule has 2 rings (SSSR count). The van der Waals surface area contributed by atoms with E-state index >= 15 is 0 Å². The molecule has 1 aliphatic carbocycles. The van der Waals surface area contributed by atoms with Crippen molar-refractivity contribution in [3.05, 3.63) is 35.9 Å². The van der Waals surface area contributed by atoms with Gasteiger partial charge in [0.1, 0.15) is 6.29 Å². The number of aldehydes is 1. The van der Waals surface area contributed by atoms with E-state index in [4.69, 9.17) is 0 Å². The van der Waals surface area contributed by atoms with Crippen molar-refractivity contribution in [3.8, 4) is 0 Å². The molecule has 1 aliphatic rings. The van der Waals surface area contributed by atoms with Gasteiger partial charge in [-0.2, -0.15) is 0 Å². The molecule has 1 aromatic carbocycles. The molecule has 2 atom stereocenters. The molecule has 21 heavy (non-hydrogen) atoms. The molecule has 1 amide bonds. The van der Waals surface area contributed by atoms with Gasteiger partial charge >= 0.3 is 6.09 Å². The fraction of sp³-hybridized carbons (Fsp3) is 0.529. The molecule has 1 aromatic rings. The molecule has 1 fully saturated rings. The summed E-state index contributed by atoms with van der Waals surface area (Å²) in [5.41, 5.74) is 0.608. The van der Waals surface area contributed by atoms with E-state index in [9.17, 15) is 14.7 Å². The molecule has 0 aromatic heterocycles. The number of hydrogen-bond acceptors (Lipinski definition) is 2. The number of nitrogens with zero attached hydrogens (tertiary/aromatic N) is 1.